The summed E-state index contributed by atoms with van der Waals surface area (Å²) < 4.78 is 0. The summed E-state index contributed by atoms with van der Waals surface area (Å²) in [5.41, 5.74) is 1.54. The molecular formula is C14H21ClN2O. The topological polar surface area (TPSA) is 41.1 Å². The van der Waals surface area contributed by atoms with Gasteiger partial charge in [0.2, 0.25) is 5.91 Å². The molecule has 0 aromatic heterocycles. The zero-order chi connectivity index (χ0) is 13.9. The molecule has 0 bridgehead atoms. The Morgan fingerprint density at radius 2 is 1.94 bits per heavy atom. The van der Waals surface area contributed by atoms with Crippen LogP contribution in [0.4, 0.5) is 5.69 Å². The van der Waals surface area contributed by atoms with Gasteiger partial charge in [-0.2, -0.15) is 0 Å². The maximum atomic E-state index is 11.9. The molecule has 0 saturated carbocycles. The van der Waals surface area contributed by atoms with Crippen molar-refractivity contribution in [3.63, 3.8) is 0 Å². The number of rotatable bonds is 3. The Balaban J connectivity index is 2.73. The lowest BCUT2D eigenvalue weighted by Gasteiger charge is -2.24. The van der Waals surface area contributed by atoms with Crippen molar-refractivity contribution in [3.05, 3.63) is 28.8 Å². The minimum Gasteiger partial charge on any atom is -0.373 e. The fraction of sp³-hybridized carbons (Fsp3) is 0.500. The highest BCUT2D eigenvalue weighted by Gasteiger charge is 2.19. The summed E-state index contributed by atoms with van der Waals surface area (Å²) in [4.78, 5) is 11.9. The second kappa shape index (κ2) is 5.61. The SMILES string of the molecule is Cc1cccc(NC(C)C(=O)NC(C)(C)C)c1Cl. The largest absolute Gasteiger partial charge is 0.373 e. The first-order valence-electron chi connectivity index (χ1n) is 6.04. The molecule has 0 spiro atoms. The zero-order valence-electron chi connectivity index (χ0n) is 11.6. The van der Waals surface area contributed by atoms with Gasteiger partial charge in [-0.05, 0) is 46.2 Å². The average molecular weight is 269 g/mol. The van der Waals surface area contributed by atoms with Gasteiger partial charge in [-0.3, -0.25) is 4.79 Å². The number of amides is 1. The molecule has 0 aliphatic rings. The van der Waals surface area contributed by atoms with Crippen LogP contribution in [-0.2, 0) is 4.79 Å². The first-order valence-corrected chi connectivity index (χ1v) is 6.42. The van der Waals surface area contributed by atoms with Gasteiger partial charge in [-0.15, -0.1) is 0 Å². The van der Waals surface area contributed by atoms with E-state index < -0.39 is 0 Å². The van der Waals surface area contributed by atoms with Crippen LogP contribution in [0.2, 0.25) is 5.02 Å². The number of hydrogen-bond acceptors (Lipinski definition) is 2. The molecule has 4 heteroatoms. The lowest BCUT2D eigenvalue weighted by Crippen LogP contribution is -2.47. The van der Waals surface area contributed by atoms with Crippen LogP contribution >= 0.6 is 11.6 Å². The van der Waals surface area contributed by atoms with Gasteiger partial charge in [-0.1, -0.05) is 23.7 Å². The third-order valence-electron chi connectivity index (χ3n) is 2.46. The summed E-state index contributed by atoms with van der Waals surface area (Å²) in [6.07, 6.45) is 0. The van der Waals surface area contributed by atoms with Crippen molar-refractivity contribution < 1.29 is 4.79 Å². The van der Waals surface area contributed by atoms with Crippen molar-refractivity contribution in [1.29, 1.82) is 0 Å². The molecule has 1 aromatic carbocycles. The van der Waals surface area contributed by atoms with Gasteiger partial charge in [0.05, 0.1) is 10.7 Å². The maximum Gasteiger partial charge on any atom is 0.242 e. The van der Waals surface area contributed by atoms with Gasteiger partial charge < -0.3 is 10.6 Å². The molecule has 0 radical (unpaired) electrons. The van der Waals surface area contributed by atoms with E-state index in [0.717, 1.165) is 11.3 Å². The molecule has 0 aliphatic carbocycles. The van der Waals surface area contributed by atoms with Crippen LogP contribution in [0.15, 0.2) is 18.2 Å². The highest BCUT2D eigenvalue weighted by Crippen LogP contribution is 2.25. The number of carbonyl (C=O) groups excluding carboxylic acids is 1. The minimum atomic E-state index is -0.330. The van der Waals surface area contributed by atoms with Crippen LogP contribution in [0.5, 0.6) is 0 Å². The Kier molecular flexibility index (Phi) is 4.63. The molecule has 100 valence electrons. The Morgan fingerprint density at radius 3 is 2.50 bits per heavy atom. The van der Waals surface area contributed by atoms with E-state index in [4.69, 9.17) is 11.6 Å². The third kappa shape index (κ3) is 4.22. The van der Waals surface area contributed by atoms with E-state index in [0.29, 0.717) is 5.02 Å². The van der Waals surface area contributed by atoms with E-state index in [9.17, 15) is 4.79 Å². The van der Waals surface area contributed by atoms with E-state index in [2.05, 4.69) is 10.6 Å². The minimum absolute atomic E-state index is 0.0416. The first-order chi connectivity index (χ1) is 8.20. The summed E-state index contributed by atoms with van der Waals surface area (Å²) in [6.45, 7) is 9.62. The van der Waals surface area contributed by atoms with Crippen molar-refractivity contribution in [3.8, 4) is 0 Å². The predicted octanol–water partition coefficient (Wildman–Crippen LogP) is 3.36. The smallest absolute Gasteiger partial charge is 0.242 e. The molecule has 0 fully saturated rings. The number of benzene rings is 1. The summed E-state index contributed by atoms with van der Waals surface area (Å²) in [6, 6.07) is 5.39. The second-order valence-corrected chi connectivity index (χ2v) is 5.92. The van der Waals surface area contributed by atoms with Crippen molar-refractivity contribution in [1.82, 2.24) is 5.32 Å². The molecule has 0 aliphatic heterocycles. The highest BCUT2D eigenvalue weighted by molar-refractivity contribution is 6.34. The van der Waals surface area contributed by atoms with E-state index in [1.54, 1.807) is 0 Å². The van der Waals surface area contributed by atoms with Gasteiger partial charge in [0.25, 0.3) is 0 Å². The van der Waals surface area contributed by atoms with Gasteiger partial charge in [0.1, 0.15) is 6.04 Å². The quantitative estimate of drug-likeness (QED) is 0.883. The van der Waals surface area contributed by atoms with Crippen molar-refractivity contribution in [2.75, 3.05) is 5.32 Å². The molecule has 1 unspecified atom stereocenters. The Morgan fingerprint density at radius 1 is 1.33 bits per heavy atom. The van der Waals surface area contributed by atoms with Crippen molar-refractivity contribution >= 4 is 23.2 Å². The summed E-state index contributed by atoms with van der Waals surface area (Å²) in [5.74, 6) is -0.0416. The molecule has 1 atom stereocenters. The fourth-order valence-electron chi connectivity index (χ4n) is 1.54. The van der Waals surface area contributed by atoms with Crippen LogP contribution in [0, 0.1) is 6.92 Å². The maximum absolute atomic E-state index is 11.9. The number of aryl methyl sites for hydroxylation is 1. The Hall–Kier alpha value is -1.22. The fourth-order valence-corrected chi connectivity index (χ4v) is 1.72. The normalized spacial score (nSPS) is 13.0. The Labute approximate surface area is 114 Å². The predicted molar refractivity (Wildman–Crippen MR) is 77.2 cm³/mol. The number of carbonyl (C=O) groups is 1. The third-order valence-corrected chi connectivity index (χ3v) is 2.96. The summed E-state index contributed by atoms with van der Waals surface area (Å²) in [7, 11) is 0. The van der Waals surface area contributed by atoms with Gasteiger partial charge >= 0.3 is 0 Å². The van der Waals surface area contributed by atoms with E-state index >= 15 is 0 Å². The standard InChI is InChI=1S/C14H21ClN2O/c1-9-7-6-8-11(12(9)15)16-10(2)13(18)17-14(3,4)5/h6-8,10,16H,1-5H3,(H,17,18). The number of halogens is 1. The van der Waals surface area contributed by atoms with Crippen LogP contribution in [0.3, 0.4) is 0 Å². The number of nitrogens with one attached hydrogen (secondary N) is 2. The van der Waals surface area contributed by atoms with Gasteiger partial charge in [-0.25, -0.2) is 0 Å². The zero-order valence-corrected chi connectivity index (χ0v) is 12.4. The highest BCUT2D eigenvalue weighted by atomic mass is 35.5. The van der Waals surface area contributed by atoms with Crippen molar-refractivity contribution in [2.45, 2.75) is 46.2 Å². The number of anilines is 1. The van der Waals surface area contributed by atoms with E-state index in [-0.39, 0.29) is 17.5 Å². The molecule has 18 heavy (non-hydrogen) atoms. The molecule has 1 aromatic rings. The molecule has 2 N–H and O–H groups in total. The number of hydrogen-bond donors (Lipinski definition) is 2. The van der Waals surface area contributed by atoms with Crippen molar-refractivity contribution in [2.24, 2.45) is 0 Å². The van der Waals surface area contributed by atoms with E-state index in [1.165, 1.54) is 0 Å². The molecule has 0 saturated heterocycles. The average Bonchev–Trinajstić information content (AvgIpc) is 2.22. The summed E-state index contributed by atoms with van der Waals surface area (Å²) in [5, 5.41) is 6.72. The van der Waals surface area contributed by atoms with E-state index in [1.807, 2.05) is 52.8 Å². The summed E-state index contributed by atoms with van der Waals surface area (Å²) >= 11 is 6.18. The molecular weight excluding hydrogens is 248 g/mol. The Bertz CT molecular complexity index is 438. The second-order valence-electron chi connectivity index (χ2n) is 5.54. The molecule has 1 amide bonds. The van der Waals surface area contributed by atoms with Crippen LogP contribution in [0.1, 0.15) is 33.3 Å². The van der Waals surface area contributed by atoms with Gasteiger partial charge in [0, 0.05) is 5.54 Å². The molecule has 0 heterocycles. The van der Waals surface area contributed by atoms with Crippen LogP contribution < -0.4 is 10.6 Å². The van der Waals surface area contributed by atoms with Gasteiger partial charge in [0.15, 0.2) is 0 Å². The molecule has 1 rings (SSSR count). The molecule has 3 nitrogen and oxygen atoms in total. The first kappa shape index (κ1) is 14.8. The monoisotopic (exact) mass is 268 g/mol. The van der Waals surface area contributed by atoms with Crippen LogP contribution in [0.25, 0.3) is 0 Å². The lowest BCUT2D eigenvalue weighted by molar-refractivity contribution is -0.122. The lowest BCUT2D eigenvalue weighted by atomic mass is 10.1. The van der Waals surface area contributed by atoms with Crippen LogP contribution in [-0.4, -0.2) is 17.5 Å².